The first kappa shape index (κ1) is 20.1. The minimum Gasteiger partial charge on any atom is -0.327 e. The molecule has 0 radical (unpaired) electrons. The van der Waals surface area contributed by atoms with Crippen LogP contribution < -0.4 is 10.2 Å². The molecule has 1 saturated heterocycles. The van der Waals surface area contributed by atoms with E-state index in [2.05, 4.69) is 12.2 Å². The number of carbonyl (C=O) groups excluding carboxylic acids is 3. The molecule has 0 spiro atoms. The van der Waals surface area contributed by atoms with Crippen molar-refractivity contribution in [3.05, 3.63) is 60.2 Å². The molecular weight excluding hydrogens is 378 g/mol. The van der Waals surface area contributed by atoms with E-state index in [0.717, 1.165) is 12.1 Å². The Bertz CT molecular complexity index is 959. The molecule has 0 unspecified atom stereocenters. The highest BCUT2D eigenvalue weighted by Crippen LogP contribution is 2.38. The molecule has 1 heterocycles. The maximum atomic E-state index is 13.2. The topological polar surface area (TPSA) is 69.7 Å². The summed E-state index contributed by atoms with van der Waals surface area (Å²) < 4.78 is 0. The van der Waals surface area contributed by atoms with Gasteiger partial charge in [0.05, 0.1) is 0 Å². The van der Waals surface area contributed by atoms with Gasteiger partial charge in [-0.05, 0) is 56.0 Å². The highest BCUT2D eigenvalue weighted by atomic mass is 16.2. The number of amides is 3. The molecule has 0 bridgehead atoms. The molecule has 3 amide bonds. The van der Waals surface area contributed by atoms with E-state index >= 15 is 0 Å². The summed E-state index contributed by atoms with van der Waals surface area (Å²) in [5.74, 6) is 0.247. The van der Waals surface area contributed by atoms with Crippen LogP contribution in [0.5, 0.6) is 0 Å². The van der Waals surface area contributed by atoms with Crippen molar-refractivity contribution in [3.8, 4) is 0 Å². The highest BCUT2D eigenvalue weighted by molar-refractivity contribution is 6.04. The van der Waals surface area contributed by atoms with Crippen molar-refractivity contribution >= 4 is 29.1 Å². The lowest BCUT2D eigenvalue weighted by molar-refractivity contribution is -0.121. The molecule has 1 N–H and O–H groups in total. The predicted octanol–water partition coefficient (Wildman–Crippen LogP) is 3.55. The summed E-state index contributed by atoms with van der Waals surface area (Å²) in [5, 5.41) is 2.91. The molecule has 1 aliphatic heterocycles. The number of para-hydroxylation sites is 1. The summed E-state index contributed by atoms with van der Waals surface area (Å²) in [4.78, 5) is 41.9. The maximum Gasteiger partial charge on any atom is 0.254 e. The molecule has 0 aromatic heterocycles. The third-order valence-electron chi connectivity index (χ3n) is 6.05. The quantitative estimate of drug-likeness (QED) is 0.799. The monoisotopic (exact) mass is 405 g/mol. The van der Waals surface area contributed by atoms with Gasteiger partial charge in [-0.25, -0.2) is 0 Å². The van der Waals surface area contributed by atoms with Gasteiger partial charge in [-0.2, -0.15) is 0 Å². The Balaban J connectivity index is 1.48. The number of carbonyl (C=O) groups is 3. The number of likely N-dealkylation sites (N-methyl/N-ethyl adjacent to an activating group) is 1. The summed E-state index contributed by atoms with van der Waals surface area (Å²) in [6, 6.07) is 16.0. The molecule has 30 heavy (non-hydrogen) atoms. The Kier molecular flexibility index (Phi) is 5.57. The van der Waals surface area contributed by atoms with Crippen LogP contribution in [0.15, 0.2) is 54.6 Å². The maximum absolute atomic E-state index is 13.2. The molecule has 2 aliphatic rings. The SMILES string of the molecule is CCN(C(=O)c1cccc(NC(=O)[C@@H]2C[C@@H]2C)c1)[C@H]1CCN(c2ccccc2)C1=O. The van der Waals surface area contributed by atoms with Gasteiger partial charge in [0.2, 0.25) is 11.8 Å². The summed E-state index contributed by atoms with van der Waals surface area (Å²) in [6.07, 6.45) is 1.51. The van der Waals surface area contributed by atoms with Crippen molar-refractivity contribution < 1.29 is 14.4 Å². The van der Waals surface area contributed by atoms with Gasteiger partial charge in [-0.15, -0.1) is 0 Å². The minimum atomic E-state index is -0.478. The van der Waals surface area contributed by atoms with E-state index in [0.29, 0.717) is 36.7 Å². The van der Waals surface area contributed by atoms with E-state index < -0.39 is 6.04 Å². The van der Waals surface area contributed by atoms with Crippen LogP contribution in [0.1, 0.15) is 37.0 Å². The van der Waals surface area contributed by atoms with E-state index in [1.54, 1.807) is 34.1 Å². The Hall–Kier alpha value is -3.15. The van der Waals surface area contributed by atoms with Crippen LogP contribution >= 0.6 is 0 Å². The fourth-order valence-electron chi connectivity index (χ4n) is 4.14. The minimum absolute atomic E-state index is 0.00363. The summed E-state index contributed by atoms with van der Waals surface area (Å²) in [6.45, 7) is 4.97. The zero-order valence-electron chi connectivity index (χ0n) is 17.4. The fraction of sp³-hybridized carbons (Fsp3) is 0.375. The molecule has 2 aromatic carbocycles. The zero-order valence-corrected chi connectivity index (χ0v) is 17.4. The molecule has 1 aliphatic carbocycles. The van der Waals surface area contributed by atoms with Gasteiger partial charge in [0, 0.05) is 35.9 Å². The molecule has 3 atom stereocenters. The molecular formula is C24H27N3O3. The average molecular weight is 405 g/mol. The summed E-state index contributed by atoms with van der Waals surface area (Å²) in [5.41, 5.74) is 1.95. The average Bonchev–Trinajstić information content (AvgIpc) is 3.39. The van der Waals surface area contributed by atoms with Crippen LogP contribution in [-0.4, -0.2) is 41.8 Å². The Labute approximate surface area is 176 Å². The highest BCUT2D eigenvalue weighted by Gasteiger charge is 2.40. The van der Waals surface area contributed by atoms with Crippen LogP contribution in [0.25, 0.3) is 0 Å². The van der Waals surface area contributed by atoms with Gasteiger partial charge >= 0.3 is 0 Å². The third-order valence-corrected chi connectivity index (χ3v) is 6.05. The normalized spacial score (nSPS) is 22.7. The molecule has 2 aromatic rings. The van der Waals surface area contributed by atoms with E-state index in [1.165, 1.54) is 0 Å². The molecule has 6 nitrogen and oxygen atoms in total. The Morgan fingerprint density at radius 2 is 1.87 bits per heavy atom. The molecule has 2 fully saturated rings. The van der Waals surface area contributed by atoms with Gasteiger partial charge in [0.25, 0.3) is 5.91 Å². The fourth-order valence-corrected chi connectivity index (χ4v) is 4.14. The van der Waals surface area contributed by atoms with Gasteiger partial charge in [-0.1, -0.05) is 31.2 Å². The standard InChI is InChI=1S/C24H27N3O3/c1-3-26(21-12-13-27(24(21)30)19-10-5-4-6-11-19)23(29)17-8-7-9-18(15-17)25-22(28)20-14-16(20)2/h4-11,15-16,20-21H,3,12-14H2,1-2H3,(H,25,28)/t16-,20+,21-/m0/s1. The molecule has 156 valence electrons. The van der Waals surface area contributed by atoms with Gasteiger partial charge in [0.1, 0.15) is 6.04 Å². The van der Waals surface area contributed by atoms with E-state index in [4.69, 9.17) is 0 Å². The van der Waals surface area contributed by atoms with E-state index in [1.807, 2.05) is 37.3 Å². The second kappa shape index (κ2) is 8.30. The smallest absolute Gasteiger partial charge is 0.254 e. The number of rotatable bonds is 6. The molecule has 1 saturated carbocycles. The first-order valence-corrected chi connectivity index (χ1v) is 10.6. The van der Waals surface area contributed by atoms with Gasteiger partial charge in [-0.3, -0.25) is 14.4 Å². The Morgan fingerprint density at radius 3 is 2.53 bits per heavy atom. The molecule has 6 heteroatoms. The summed E-state index contributed by atoms with van der Waals surface area (Å²) >= 11 is 0. The van der Waals surface area contributed by atoms with Gasteiger partial charge < -0.3 is 15.1 Å². The number of anilines is 2. The molecule has 4 rings (SSSR count). The lowest BCUT2D eigenvalue weighted by atomic mass is 10.1. The number of nitrogens with zero attached hydrogens (tertiary/aromatic N) is 2. The van der Waals surface area contributed by atoms with Crippen LogP contribution in [0, 0.1) is 11.8 Å². The number of hydrogen-bond acceptors (Lipinski definition) is 3. The van der Waals surface area contributed by atoms with Gasteiger partial charge in [0.15, 0.2) is 0 Å². The van der Waals surface area contributed by atoms with Crippen molar-refractivity contribution in [2.45, 2.75) is 32.7 Å². The Morgan fingerprint density at radius 1 is 1.13 bits per heavy atom. The second-order valence-corrected chi connectivity index (χ2v) is 8.11. The predicted molar refractivity (Wildman–Crippen MR) is 116 cm³/mol. The van der Waals surface area contributed by atoms with Crippen LogP contribution in [-0.2, 0) is 9.59 Å². The largest absolute Gasteiger partial charge is 0.327 e. The van der Waals surface area contributed by atoms with Crippen molar-refractivity contribution in [1.82, 2.24) is 4.90 Å². The van der Waals surface area contributed by atoms with Crippen LogP contribution in [0.3, 0.4) is 0 Å². The lowest BCUT2D eigenvalue weighted by Crippen LogP contribution is -2.45. The van der Waals surface area contributed by atoms with Crippen molar-refractivity contribution in [3.63, 3.8) is 0 Å². The number of nitrogens with one attached hydrogen (secondary N) is 1. The van der Waals surface area contributed by atoms with Crippen molar-refractivity contribution in [2.24, 2.45) is 11.8 Å². The first-order chi connectivity index (χ1) is 14.5. The zero-order chi connectivity index (χ0) is 21.3. The first-order valence-electron chi connectivity index (χ1n) is 10.6. The van der Waals surface area contributed by atoms with Crippen LogP contribution in [0.2, 0.25) is 0 Å². The van der Waals surface area contributed by atoms with E-state index in [-0.39, 0.29) is 23.6 Å². The van der Waals surface area contributed by atoms with Crippen molar-refractivity contribution in [2.75, 3.05) is 23.3 Å². The van der Waals surface area contributed by atoms with Crippen LogP contribution in [0.4, 0.5) is 11.4 Å². The number of benzene rings is 2. The van der Waals surface area contributed by atoms with Crippen molar-refractivity contribution in [1.29, 1.82) is 0 Å². The number of hydrogen-bond donors (Lipinski definition) is 1. The second-order valence-electron chi connectivity index (χ2n) is 8.11. The lowest BCUT2D eigenvalue weighted by Gasteiger charge is -2.27. The summed E-state index contributed by atoms with van der Waals surface area (Å²) in [7, 11) is 0. The van der Waals surface area contributed by atoms with E-state index in [9.17, 15) is 14.4 Å². The third kappa shape index (κ3) is 3.95.